The highest BCUT2D eigenvalue weighted by Crippen LogP contribution is 2.40. The van der Waals surface area contributed by atoms with Crippen LogP contribution in [-0.4, -0.2) is 32.0 Å². The van der Waals surface area contributed by atoms with Crippen LogP contribution in [0.15, 0.2) is 12.1 Å². The molecule has 0 bridgehead atoms. The summed E-state index contributed by atoms with van der Waals surface area (Å²) >= 11 is 0. The van der Waals surface area contributed by atoms with Crippen LogP contribution >= 0.6 is 0 Å². The molecular weight excluding hydrogens is 436 g/mol. The van der Waals surface area contributed by atoms with E-state index in [1.807, 2.05) is 0 Å². The Kier molecular flexibility index (Phi) is 9.86. The fraction of sp³-hybridized carbons (Fsp3) is 0.769. The summed E-state index contributed by atoms with van der Waals surface area (Å²) in [5, 5.41) is 0. The maximum atomic E-state index is 14.7. The summed E-state index contributed by atoms with van der Waals surface area (Å²) in [5.41, 5.74) is -1.24. The molecule has 1 aromatic rings. The maximum absolute atomic E-state index is 14.7. The lowest BCUT2D eigenvalue weighted by Gasteiger charge is -2.38. The quantitative estimate of drug-likeness (QED) is 0.262. The number of rotatable bonds is 10. The minimum absolute atomic E-state index is 0.0322. The van der Waals surface area contributed by atoms with Crippen LogP contribution in [0.2, 0.25) is 0 Å². The molecule has 3 nitrogen and oxygen atoms in total. The number of halogens is 4. The van der Waals surface area contributed by atoms with Crippen LogP contribution in [-0.2, 0) is 22.1 Å². The summed E-state index contributed by atoms with van der Waals surface area (Å²) in [6.07, 6.45) is 5.12. The second kappa shape index (κ2) is 12.4. The van der Waals surface area contributed by atoms with Gasteiger partial charge in [0.15, 0.2) is 0 Å². The summed E-state index contributed by atoms with van der Waals surface area (Å²) in [7, 11) is 0. The molecule has 2 unspecified atom stereocenters. The molecule has 0 spiro atoms. The van der Waals surface area contributed by atoms with Crippen molar-refractivity contribution in [2.45, 2.75) is 96.4 Å². The van der Waals surface area contributed by atoms with Gasteiger partial charge in [-0.25, -0.2) is 4.39 Å². The Hall–Kier alpha value is -1.34. The van der Waals surface area contributed by atoms with E-state index in [2.05, 4.69) is 6.92 Å². The van der Waals surface area contributed by atoms with E-state index < -0.39 is 23.3 Å². The van der Waals surface area contributed by atoms with Gasteiger partial charge in [-0.3, -0.25) is 0 Å². The van der Waals surface area contributed by atoms with Crippen molar-refractivity contribution >= 4 is 0 Å². The fourth-order valence-corrected chi connectivity index (χ4v) is 5.20. The number of alkyl halides is 3. The van der Waals surface area contributed by atoms with E-state index >= 15 is 0 Å². The van der Waals surface area contributed by atoms with Gasteiger partial charge in [0.05, 0.1) is 25.4 Å². The highest BCUT2D eigenvalue weighted by Gasteiger charge is 2.39. The molecule has 7 heteroatoms. The van der Waals surface area contributed by atoms with Gasteiger partial charge in [0, 0.05) is 6.61 Å². The number of unbranched alkanes of at least 4 members (excludes halogenated alkanes) is 1. The maximum Gasteiger partial charge on any atom is 0.422 e. The first-order valence-electron chi connectivity index (χ1n) is 12.6. The molecule has 1 saturated carbocycles. The van der Waals surface area contributed by atoms with E-state index in [0.717, 1.165) is 45.1 Å². The van der Waals surface area contributed by atoms with Crippen LogP contribution in [0.5, 0.6) is 5.75 Å². The number of benzene rings is 1. The fourth-order valence-electron chi connectivity index (χ4n) is 5.20. The summed E-state index contributed by atoms with van der Waals surface area (Å²) in [6, 6.07) is 2.63. The monoisotopic (exact) mass is 474 g/mol. The van der Waals surface area contributed by atoms with Gasteiger partial charge in [-0.1, -0.05) is 19.4 Å². The number of ether oxygens (including phenoxy) is 3. The number of hydrogen-bond acceptors (Lipinski definition) is 3. The third-order valence-corrected chi connectivity index (χ3v) is 7.15. The van der Waals surface area contributed by atoms with Gasteiger partial charge in [0.25, 0.3) is 0 Å². The molecule has 2 aliphatic rings. The van der Waals surface area contributed by atoms with Gasteiger partial charge in [-0.05, 0) is 88.2 Å². The zero-order chi connectivity index (χ0) is 23.8. The summed E-state index contributed by atoms with van der Waals surface area (Å²) < 4.78 is 71.9. The van der Waals surface area contributed by atoms with Gasteiger partial charge in [0.2, 0.25) is 0 Å². The van der Waals surface area contributed by atoms with Crippen LogP contribution in [0.3, 0.4) is 0 Å². The lowest BCUT2D eigenvalue weighted by Crippen LogP contribution is -2.34. The Balaban J connectivity index is 1.46. The van der Waals surface area contributed by atoms with Crippen molar-refractivity contribution in [3.8, 4) is 5.75 Å². The molecule has 3 rings (SSSR count). The number of aryl methyl sites for hydroxylation is 1. The highest BCUT2D eigenvalue weighted by molar-refractivity contribution is 5.41. The lowest BCUT2D eigenvalue weighted by atomic mass is 9.76. The number of hydrogen-bond donors (Lipinski definition) is 0. The molecule has 1 saturated heterocycles. The third-order valence-electron chi connectivity index (χ3n) is 7.15. The van der Waals surface area contributed by atoms with Crippen molar-refractivity contribution in [3.05, 3.63) is 29.1 Å². The standard InChI is InChI=1S/C26H38F4O3/c1-3-5-16-32-21-11-6-18(7-12-21)20-9-14-22(33-17-20)13-8-19-10-15-23(31-4-2)24(25(19)27)26(28,29)30/h10,15,18,20-22H,3-9,11-14,16-17H2,1-2H3. The summed E-state index contributed by atoms with van der Waals surface area (Å²) in [6.45, 7) is 5.35. The second-order valence-corrected chi connectivity index (χ2v) is 9.44. The molecule has 1 aliphatic carbocycles. The van der Waals surface area contributed by atoms with E-state index in [1.165, 1.54) is 25.0 Å². The topological polar surface area (TPSA) is 27.7 Å². The highest BCUT2D eigenvalue weighted by atomic mass is 19.4. The van der Waals surface area contributed by atoms with Crippen LogP contribution in [0.4, 0.5) is 17.6 Å². The minimum atomic E-state index is -4.79. The first-order valence-corrected chi connectivity index (χ1v) is 12.6. The molecule has 33 heavy (non-hydrogen) atoms. The van der Waals surface area contributed by atoms with E-state index in [0.29, 0.717) is 31.0 Å². The van der Waals surface area contributed by atoms with Crippen LogP contribution in [0.25, 0.3) is 0 Å². The predicted octanol–water partition coefficient (Wildman–Crippen LogP) is 7.35. The first-order chi connectivity index (χ1) is 15.8. The van der Waals surface area contributed by atoms with Crippen molar-refractivity contribution in [1.82, 2.24) is 0 Å². The second-order valence-electron chi connectivity index (χ2n) is 9.44. The van der Waals surface area contributed by atoms with Crippen molar-refractivity contribution in [2.24, 2.45) is 11.8 Å². The van der Waals surface area contributed by atoms with Crippen molar-refractivity contribution < 1.29 is 31.8 Å². The molecule has 2 fully saturated rings. The van der Waals surface area contributed by atoms with Crippen molar-refractivity contribution in [3.63, 3.8) is 0 Å². The third kappa shape index (κ3) is 7.32. The van der Waals surface area contributed by atoms with Crippen molar-refractivity contribution in [2.75, 3.05) is 19.8 Å². The molecular formula is C26H38F4O3. The zero-order valence-electron chi connectivity index (χ0n) is 19.9. The molecule has 1 heterocycles. The van der Waals surface area contributed by atoms with Gasteiger partial charge in [-0.15, -0.1) is 0 Å². The molecule has 1 aliphatic heterocycles. The largest absolute Gasteiger partial charge is 0.493 e. The normalized spacial score (nSPS) is 26.4. The van der Waals surface area contributed by atoms with Crippen LogP contribution in [0, 0.1) is 17.7 Å². The Labute approximate surface area is 195 Å². The van der Waals surface area contributed by atoms with E-state index in [9.17, 15) is 17.6 Å². The molecule has 1 aromatic carbocycles. The van der Waals surface area contributed by atoms with E-state index in [1.54, 1.807) is 6.92 Å². The minimum Gasteiger partial charge on any atom is -0.493 e. The molecule has 0 amide bonds. The zero-order valence-corrected chi connectivity index (χ0v) is 19.9. The Morgan fingerprint density at radius 2 is 1.73 bits per heavy atom. The Bertz CT molecular complexity index is 721. The average molecular weight is 475 g/mol. The molecule has 0 radical (unpaired) electrons. The first kappa shape index (κ1) is 26.3. The van der Waals surface area contributed by atoms with E-state index in [-0.39, 0.29) is 24.7 Å². The van der Waals surface area contributed by atoms with Gasteiger partial charge in [-0.2, -0.15) is 13.2 Å². The lowest BCUT2D eigenvalue weighted by molar-refractivity contribution is -0.141. The summed E-state index contributed by atoms with van der Waals surface area (Å²) in [4.78, 5) is 0. The van der Waals surface area contributed by atoms with E-state index in [4.69, 9.17) is 14.2 Å². The van der Waals surface area contributed by atoms with Crippen LogP contribution in [0.1, 0.15) is 82.8 Å². The van der Waals surface area contributed by atoms with Crippen molar-refractivity contribution in [1.29, 1.82) is 0 Å². The predicted molar refractivity (Wildman–Crippen MR) is 120 cm³/mol. The SMILES string of the molecule is CCCCOC1CCC(C2CCC(CCc3ccc(OCC)c(C(F)(F)F)c3F)OC2)CC1. The van der Waals surface area contributed by atoms with Gasteiger partial charge >= 0.3 is 6.18 Å². The average Bonchev–Trinajstić information content (AvgIpc) is 2.79. The molecule has 0 aromatic heterocycles. The smallest absolute Gasteiger partial charge is 0.422 e. The van der Waals surface area contributed by atoms with Gasteiger partial charge in [0.1, 0.15) is 17.1 Å². The molecule has 188 valence electrons. The molecule has 0 N–H and O–H groups in total. The Morgan fingerprint density at radius 1 is 1.00 bits per heavy atom. The summed E-state index contributed by atoms with van der Waals surface area (Å²) in [5.74, 6) is -0.472. The molecule has 2 atom stereocenters. The van der Waals surface area contributed by atoms with Crippen LogP contribution < -0.4 is 4.74 Å². The van der Waals surface area contributed by atoms with Gasteiger partial charge < -0.3 is 14.2 Å². The Morgan fingerprint density at radius 3 is 2.33 bits per heavy atom.